The lowest BCUT2D eigenvalue weighted by atomic mass is 10.3. The predicted octanol–water partition coefficient (Wildman–Crippen LogP) is 1.94. The largest absolute Gasteiger partial charge is 0.366 e. The number of hydrogen-bond acceptors (Lipinski definition) is 6. The van der Waals surface area contributed by atoms with Gasteiger partial charge < -0.3 is 9.80 Å². The number of hydrogen-bond donors (Lipinski definition) is 0. The molecule has 0 unspecified atom stereocenters. The lowest BCUT2D eigenvalue weighted by molar-refractivity contribution is 0.639. The van der Waals surface area contributed by atoms with Gasteiger partial charge in [0.1, 0.15) is 4.47 Å². The topological polar surface area (TPSA) is 54.3 Å². The van der Waals surface area contributed by atoms with Crippen molar-refractivity contribution in [1.29, 1.82) is 0 Å². The summed E-state index contributed by atoms with van der Waals surface area (Å²) in [7, 11) is 1.65. The summed E-state index contributed by atoms with van der Waals surface area (Å²) < 4.78 is 1.92. The average molecular weight is 384 g/mol. The molecule has 0 spiro atoms. The Balaban J connectivity index is 1.74. The average Bonchev–Trinajstić information content (AvgIpc) is 2.85. The molecular weight excluding hydrogens is 366 g/mol. The first-order valence-corrected chi connectivity index (χ1v) is 8.74. The zero-order valence-corrected chi connectivity index (χ0v) is 15.2. The van der Waals surface area contributed by atoms with Crippen molar-refractivity contribution < 1.29 is 0 Å². The van der Waals surface area contributed by atoms with Crippen LogP contribution in [0.5, 0.6) is 0 Å². The van der Waals surface area contributed by atoms with E-state index in [-0.39, 0.29) is 5.56 Å². The van der Waals surface area contributed by atoms with Crippen LogP contribution in [0.2, 0.25) is 0 Å². The van der Waals surface area contributed by atoms with Crippen LogP contribution < -0.4 is 15.4 Å². The van der Waals surface area contributed by atoms with Crippen LogP contribution in [0, 0.1) is 13.8 Å². The van der Waals surface area contributed by atoms with Crippen molar-refractivity contribution in [2.75, 3.05) is 36.0 Å². The summed E-state index contributed by atoms with van der Waals surface area (Å²) in [6.45, 7) is 7.65. The van der Waals surface area contributed by atoms with Crippen LogP contribution in [0.1, 0.15) is 10.6 Å². The van der Waals surface area contributed by atoms with Crippen LogP contribution in [0.25, 0.3) is 0 Å². The number of piperazine rings is 1. The van der Waals surface area contributed by atoms with Gasteiger partial charge in [-0.05, 0) is 29.8 Å². The molecule has 3 heterocycles. The molecule has 0 N–H and O–H groups in total. The number of nitrogens with zero attached hydrogens (tertiary/aromatic N) is 5. The molecule has 6 nitrogen and oxygen atoms in total. The molecule has 1 fully saturated rings. The monoisotopic (exact) mass is 383 g/mol. The second-order valence-electron chi connectivity index (χ2n) is 5.38. The first kappa shape index (κ1) is 15.5. The van der Waals surface area contributed by atoms with Gasteiger partial charge in [0.2, 0.25) is 0 Å². The summed E-state index contributed by atoms with van der Waals surface area (Å²) in [6, 6.07) is 0. The summed E-state index contributed by atoms with van der Waals surface area (Å²) in [5, 5.41) is 5.21. The molecule has 0 amide bonds. The maximum atomic E-state index is 12.0. The first-order chi connectivity index (χ1) is 10.5. The van der Waals surface area contributed by atoms with Crippen molar-refractivity contribution in [1.82, 2.24) is 14.8 Å². The van der Waals surface area contributed by atoms with Crippen molar-refractivity contribution in [2.45, 2.75) is 13.8 Å². The zero-order valence-electron chi connectivity index (χ0n) is 12.8. The standard InChI is InChI=1S/C14H18BrN5OS/c1-9-10(2)22-14(17-9)20-6-4-19(5-7-20)11-8-16-18(3)13(21)12(11)15/h8H,4-7H2,1-3H3. The first-order valence-electron chi connectivity index (χ1n) is 7.13. The number of aromatic nitrogens is 3. The minimum absolute atomic E-state index is 0.105. The molecular formula is C14H18BrN5OS. The van der Waals surface area contributed by atoms with Gasteiger partial charge in [-0.15, -0.1) is 11.3 Å². The minimum Gasteiger partial charge on any atom is -0.366 e. The van der Waals surface area contributed by atoms with E-state index in [0.717, 1.165) is 42.7 Å². The van der Waals surface area contributed by atoms with E-state index in [0.29, 0.717) is 4.47 Å². The van der Waals surface area contributed by atoms with Crippen LogP contribution in [0.15, 0.2) is 15.5 Å². The molecule has 0 radical (unpaired) electrons. The second-order valence-corrected chi connectivity index (χ2v) is 7.36. The predicted molar refractivity (Wildman–Crippen MR) is 93.2 cm³/mol. The third-order valence-electron chi connectivity index (χ3n) is 3.97. The molecule has 0 atom stereocenters. The van der Waals surface area contributed by atoms with Crippen molar-refractivity contribution in [3.05, 3.63) is 31.6 Å². The minimum atomic E-state index is -0.105. The van der Waals surface area contributed by atoms with E-state index in [1.54, 1.807) is 24.6 Å². The molecule has 0 aromatic carbocycles. The van der Waals surface area contributed by atoms with Crippen LogP contribution in [0.4, 0.5) is 10.8 Å². The molecule has 0 bridgehead atoms. The van der Waals surface area contributed by atoms with E-state index >= 15 is 0 Å². The molecule has 1 saturated heterocycles. The molecule has 2 aromatic heterocycles. The van der Waals surface area contributed by atoms with E-state index in [4.69, 9.17) is 0 Å². The fourth-order valence-corrected chi connectivity index (χ4v) is 4.02. The fourth-order valence-electron chi connectivity index (χ4n) is 2.45. The highest BCUT2D eigenvalue weighted by atomic mass is 79.9. The highest BCUT2D eigenvalue weighted by Gasteiger charge is 2.22. The Hall–Kier alpha value is -1.41. The van der Waals surface area contributed by atoms with Crippen molar-refractivity contribution in [2.24, 2.45) is 7.05 Å². The smallest absolute Gasteiger partial charge is 0.282 e. The molecule has 0 aliphatic carbocycles. The Bertz CT molecular complexity index is 729. The number of halogens is 1. The van der Waals surface area contributed by atoms with Crippen molar-refractivity contribution >= 4 is 38.1 Å². The number of anilines is 2. The fraction of sp³-hybridized carbons (Fsp3) is 0.500. The van der Waals surface area contributed by atoms with Crippen LogP contribution in [-0.2, 0) is 7.05 Å². The van der Waals surface area contributed by atoms with Crippen LogP contribution in [-0.4, -0.2) is 40.9 Å². The summed E-state index contributed by atoms with van der Waals surface area (Å²) >= 11 is 5.15. The lowest BCUT2D eigenvalue weighted by Gasteiger charge is -2.36. The summed E-state index contributed by atoms with van der Waals surface area (Å²) in [5.41, 5.74) is 1.88. The highest BCUT2D eigenvalue weighted by Crippen LogP contribution is 2.28. The highest BCUT2D eigenvalue weighted by molar-refractivity contribution is 9.10. The Morgan fingerprint density at radius 3 is 2.41 bits per heavy atom. The number of rotatable bonds is 2. The van der Waals surface area contributed by atoms with E-state index < -0.39 is 0 Å². The van der Waals surface area contributed by atoms with Crippen LogP contribution in [0.3, 0.4) is 0 Å². The molecule has 8 heteroatoms. The lowest BCUT2D eigenvalue weighted by Crippen LogP contribution is -2.47. The number of aryl methyl sites for hydroxylation is 3. The Kier molecular flexibility index (Phi) is 4.22. The summed E-state index contributed by atoms with van der Waals surface area (Å²) in [6.07, 6.45) is 1.75. The third-order valence-corrected chi connectivity index (χ3v) is 5.85. The second kappa shape index (κ2) is 6.00. The van der Waals surface area contributed by atoms with Gasteiger partial charge in [0.05, 0.1) is 17.6 Å². The molecule has 118 valence electrons. The zero-order chi connectivity index (χ0) is 15.9. The van der Waals surface area contributed by atoms with Crippen molar-refractivity contribution in [3.8, 4) is 0 Å². The van der Waals surface area contributed by atoms with Crippen LogP contribution >= 0.6 is 27.3 Å². The molecule has 0 saturated carbocycles. The summed E-state index contributed by atoms with van der Waals surface area (Å²) in [4.78, 5) is 22.4. The Morgan fingerprint density at radius 2 is 1.82 bits per heavy atom. The molecule has 1 aliphatic rings. The van der Waals surface area contributed by atoms with Gasteiger partial charge in [0.25, 0.3) is 5.56 Å². The molecule has 3 rings (SSSR count). The van der Waals surface area contributed by atoms with Gasteiger partial charge in [0, 0.05) is 38.1 Å². The maximum Gasteiger partial charge on any atom is 0.282 e. The maximum absolute atomic E-state index is 12.0. The third kappa shape index (κ3) is 2.77. The Morgan fingerprint density at radius 1 is 1.18 bits per heavy atom. The molecule has 22 heavy (non-hydrogen) atoms. The SMILES string of the molecule is Cc1nc(N2CCN(c3cnn(C)c(=O)c3Br)CC2)sc1C. The number of thiazole rings is 1. The van der Waals surface area contributed by atoms with E-state index in [1.807, 2.05) is 6.92 Å². The van der Waals surface area contributed by atoms with Gasteiger partial charge in [-0.25, -0.2) is 9.67 Å². The normalized spacial score (nSPS) is 15.5. The Labute approximate surface area is 141 Å². The quantitative estimate of drug-likeness (QED) is 0.792. The molecule has 2 aromatic rings. The van der Waals surface area contributed by atoms with Crippen molar-refractivity contribution in [3.63, 3.8) is 0 Å². The van der Waals surface area contributed by atoms with Gasteiger partial charge in [-0.3, -0.25) is 4.79 Å². The van der Waals surface area contributed by atoms with E-state index in [1.165, 1.54) is 9.56 Å². The summed E-state index contributed by atoms with van der Waals surface area (Å²) in [5.74, 6) is 0. The van der Waals surface area contributed by atoms with Gasteiger partial charge in [0.15, 0.2) is 5.13 Å². The van der Waals surface area contributed by atoms with Gasteiger partial charge in [-0.2, -0.15) is 5.10 Å². The molecule has 1 aliphatic heterocycles. The van der Waals surface area contributed by atoms with Gasteiger partial charge >= 0.3 is 0 Å². The van der Waals surface area contributed by atoms with E-state index in [2.05, 4.69) is 42.7 Å². The van der Waals surface area contributed by atoms with Gasteiger partial charge in [-0.1, -0.05) is 0 Å². The van der Waals surface area contributed by atoms with E-state index in [9.17, 15) is 4.79 Å².